The molecule has 2 heterocycles. The van der Waals surface area contributed by atoms with Crippen LogP contribution in [-0.2, 0) is 9.59 Å². The van der Waals surface area contributed by atoms with Gasteiger partial charge in [0, 0.05) is 21.7 Å². The molecule has 1 saturated carbocycles. The molecule has 1 aliphatic carbocycles. The second-order valence-corrected chi connectivity index (χ2v) is 10.8. The molecule has 4 amide bonds. The molecular weight excluding hydrogens is 444 g/mol. The summed E-state index contributed by atoms with van der Waals surface area (Å²) < 4.78 is 0.971. The number of carbonyl (C=O) groups excluding carboxylic acids is 3. The summed E-state index contributed by atoms with van der Waals surface area (Å²) in [4.78, 5) is 44.7. The number of hydrogen-bond donors (Lipinski definition) is 2. The lowest BCUT2D eigenvalue weighted by atomic mass is 9.75. The second kappa shape index (κ2) is 9.23. The molecule has 2 aromatic rings. The maximum atomic E-state index is 13.0. The molecule has 1 saturated heterocycles. The Hall–Kier alpha value is -2.39. The van der Waals surface area contributed by atoms with Crippen molar-refractivity contribution in [3.8, 4) is 0 Å². The SMILES string of the molecule is CCC1CCC2(CC1)NC(=O)N(CC(=O)Nc1ccc(Sc3nc(C)cs3)cc1C)C2=O. The van der Waals surface area contributed by atoms with Gasteiger partial charge in [0.05, 0.1) is 0 Å². The maximum Gasteiger partial charge on any atom is 0.325 e. The van der Waals surface area contributed by atoms with Gasteiger partial charge in [0.2, 0.25) is 5.91 Å². The summed E-state index contributed by atoms with van der Waals surface area (Å²) in [6.45, 7) is 5.76. The van der Waals surface area contributed by atoms with E-state index in [4.69, 9.17) is 0 Å². The average molecular weight is 473 g/mol. The van der Waals surface area contributed by atoms with E-state index in [1.807, 2.05) is 37.4 Å². The molecule has 2 N–H and O–H groups in total. The first-order valence-corrected chi connectivity index (χ1v) is 12.6. The van der Waals surface area contributed by atoms with Gasteiger partial charge in [0.15, 0.2) is 4.34 Å². The van der Waals surface area contributed by atoms with Crippen molar-refractivity contribution in [2.75, 3.05) is 11.9 Å². The minimum absolute atomic E-state index is 0.269. The van der Waals surface area contributed by atoms with Gasteiger partial charge in [-0.2, -0.15) is 0 Å². The summed E-state index contributed by atoms with van der Waals surface area (Å²) in [5.74, 6) is -0.0485. The van der Waals surface area contributed by atoms with Crippen molar-refractivity contribution < 1.29 is 14.4 Å². The van der Waals surface area contributed by atoms with Crippen molar-refractivity contribution in [2.24, 2.45) is 5.92 Å². The van der Waals surface area contributed by atoms with Crippen LogP contribution in [0.3, 0.4) is 0 Å². The minimum Gasteiger partial charge on any atom is -0.324 e. The van der Waals surface area contributed by atoms with E-state index in [2.05, 4.69) is 22.5 Å². The first-order valence-electron chi connectivity index (χ1n) is 10.9. The van der Waals surface area contributed by atoms with Crippen LogP contribution < -0.4 is 10.6 Å². The Morgan fingerprint density at radius 1 is 1.31 bits per heavy atom. The molecule has 0 atom stereocenters. The summed E-state index contributed by atoms with van der Waals surface area (Å²) in [5, 5.41) is 7.74. The molecule has 1 aliphatic heterocycles. The fourth-order valence-electron chi connectivity index (χ4n) is 4.39. The fraction of sp³-hybridized carbons (Fsp3) is 0.478. The van der Waals surface area contributed by atoms with Crippen LogP contribution in [-0.4, -0.2) is 39.8 Å². The van der Waals surface area contributed by atoms with Crippen LogP contribution in [0, 0.1) is 19.8 Å². The van der Waals surface area contributed by atoms with Gasteiger partial charge in [0.1, 0.15) is 12.1 Å². The first kappa shape index (κ1) is 22.8. The Labute approximate surface area is 196 Å². The van der Waals surface area contributed by atoms with Crippen LogP contribution in [0.15, 0.2) is 32.8 Å². The number of urea groups is 1. The predicted octanol–water partition coefficient (Wildman–Crippen LogP) is 4.74. The number of hydrogen-bond acceptors (Lipinski definition) is 6. The van der Waals surface area contributed by atoms with Crippen molar-refractivity contribution in [3.63, 3.8) is 0 Å². The van der Waals surface area contributed by atoms with E-state index in [1.165, 1.54) is 0 Å². The second-order valence-electron chi connectivity index (χ2n) is 8.64. The molecule has 1 aromatic carbocycles. The smallest absolute Gasteiger partial charge is 0.324 e. The zero-order valence-electron chi connectivity index (χ0n) is 18.6. The number of imide groups is 1. The van der Waals surface area contributed by atoms with E-state index in [1.54, 1.807) is 23.1 Å². The number of anilines is 1. The maximum absolute atomic E-state index is 13.0. The van der Waals surface area contributed by atoms with Crippen molar-refractivity contribution in [1.29, 1.82) is 0 Å². The molecule has 0 bridgehead atoms. The van der Waals surface area contributed by atoms with Crippen LogP contribution in [0.4, 0.5) is 10.5 Å². The lowest BCUT2D eigenvalue weighted by molar-refractivity contribution is -0.135. The van der Waals surface area contributed by atoms with Crippen LogP contribution in [0.2, 0.25) is 0 Å². The van der Waals surface area contributed by atoms with E-state index in [-0.39, 0.29) is 18.4 Å². The normalized spacial score (nSPS) is 23.0. The van der Waals surface area contributed by atoms with E-state index in [9.17, 15) is 14.4 Å². The van der Waals surface area contributed by atoms with Gasteiger partial charge in [-0.3, -0.25) is 14.5 Å². The summed E-state index contributed by atoms with van der Waals surface area (Å²) in [6, 6.07) is 5.29. The van der Waals surface area contributed by atoms with E-state index >= 15 is 0 Å². The summed E-state index contributed by atoms with van der Waals surface area (Å²) in [7, 11) is 0. The molecule has 2 aliphatic rings. The summed E-state index contributed by atoms with van der Waals surface area (Å²) >= 11 is 3.18. The number of carbonyl (C=O) groups is 3. The molecule has 1 aromatic heterocycles. The van der Waals surface area contributed by atoms with Gasteiger partial charge >= 0.3 is 6.03 Å². The van der Waals surface area contributed by atoms with Gasteiger partial charge in [-0.15, -0.1) is 11.3 Å². The lowest BCUT2D eigenvalue weighted by Gasteiger charge is -2.34. The van der Waals surface area contributed by atoms with Crippen molar-refractivity contribution in [3.05, 3.63) is 34.8 Å². The molecule has 4 rings (SSSR count). The first-order chi connectivity index (χ1) is 15.3. The van der Waals surface area contributed by atoms with Crippen LogP contribution in [0.25, 0.3) is 0 Å². The van der Waals surface area contributed by atoms with Crippen LogP contribution in [0.1, 0.15) is 50.3 Å². The van der Waals surface area contributed by atoms with Crippen molar-refractivity contribution in [1.82, 2.24) is 15.2 Å². The van der Waals surface area contributed by atoms with Gasteiger partial charge in [-0.05, 0) is 69.2 Å². The monoisotopic (exact) mass is 472 g/mol. The number of nitrogens with one attached hydrogen (secondary N) is 2. The highest BCUT2D eigenvalue weighted by Crippen LogP contribution is 2.37. The Morgan fingerprint density at radius 3 is 2.69 bits per heavy atom. The number of benzene rings is 1. The molecule has 0 unspecified atom stereocenters. The third-order valence-corrected chi connectivity index (χ3v) is 8.40. The fourth-order valence-corrected chi connectivity index (χ4v) is 6.30. The molecule has 2 fully saturated rings. The molecular formula is C23H28N4O3S2. The zero-order chi connectivity index (χ0) is 22.9. The third-order valence-electron chi connectivity index (χ3n) is 6.36. The number of amides is 4. The standard InChI is InChI=1S/C23H28N4O3S2/c1-4-16-7-9-23(10-8-16)20(29)27(21(30)26-23)12-19(28)25-18-6-5-17(11-14(18)2)32-22-24-15(3)13-31-22/h5-6,11,13,16H,4,7-10,12H2,1-3H3,(H,25,28)(H,26,30). The third kappa shape index (κ3) is 4.68. The zero-order valence-corrected chi connectivity index (χ0v) is 20.2. The Balaban J connectivity index is 1.37. The number of aryl methyl sites for hydroxylation is 2. The molecule has 0 radical (unpaired) electrons. The molecule has 1 spiro atoms. The lowest BCUT2D eigenvalue weighted by Crippen LogP contribution is -2.49. The van der Waals surface area contributed by atoms with Gasteiger partial charge in [0.25, 0.3) is 5.91 Å². The number of rotatable bonds is 6. The van der Waals surface area contributed by atoms with E-state index < -0.39 is 11.6 Å². The van der Waals surface area contributed by atoms with Crippen molar-refractivity contribution in [2.45, 2.75) is 67.6 Å². The highest BCUT2D eigenvalue weighted by molar-refractivity contribution is 8.01. The highest BCUT2D eigenvalue weighted by Gasteiger charge is 2.52. The molecule has 7 nitrogen and oxygen atoms in total. The number of aromatic nitrogens is 1. The number of nitrogens with zero attached hydrogens (tertiary/aromatic N) is 2. The van der Waals surface area contributed by atoms with Gasteiger partial charge in [-0.1, -0.05) is 25.1 Å². The number of thiazole rings is 1. The Morgan fingerprint density at radius 2 is 2.06 bits per heavy atom. The summed E-state index contributed by atoms with van der Waals surface area (Å²) in [5.41, 5.74) is 1.74. The average Bonchev–Trinajstić information content (AvgIpc) is 3.26. The topological polar surface area (TPSA) is 91.4 Å². The Bertz CT molecular complexity index is 1040. The minimum atomic E-state index is -0.827. The predicted molar refractivity (Wildman–Crippen MR) is 126 cm³/mol. The quantitative estimate of drug-likeness (QED) is 0.593. The Kier molecular flexibility index (Phi) is 6.57. The van der Waals surface area contributed by atoms with Gasteiger partial charge < -0.3 is 10.6 Å². The van der Waals surface area contributed by atoms with Gasteiger partial charge in [-0.25, -0.2) is 9.78 Å². The molecule has 9 heteroatoms. The summed E-state index contributed by atoms with van der Waals surface area (Å²) in [6.07, 6.45) is 4.22. The molecule has 32 heavy (non-hydrogen) atoms. The van der Waals surface area contributed by atoms with E-state index in [0.717, 1.165) is 44.7 Å². The van der Waals surface area contributed by atoms with E-state index in [0.29, 0.717) is 24.4 Å². The highest BCUT2D eigenvalue weighted by atomic mass is 32.2. The van der Waals surface area contributed by atoms with Crippen molar-refractivity contribution >= 4 is 46.6 Å². The molecule has 170 valence electrons. The largest absolute Gasteiger partial charge is 0.325 e. The van der Waals surface area contributed by atoms with Crippen LogP contribution in [0.5, 0.6) is 0 Å². The van der Waals surface area contributed by atoms with Crippen LogP contribution >= 0.6 is 23.1 Å².